The topological polar surface area (TPSA) is 82.0 Å². The Morgan fingerprint density at radius 3 is 2.75 bits per heavy atom. The van der Waals surface area contributed by atoms with Crippen LogP contribution >= 0.6 is 0 Å². The molecular weight excluding hydrogens is 158 g/mol. The fourth-order valence-electron chi connectivity index (χ4n) is 0.970. The van der Waals surface area contributed by atoms with Crippen molar-refractivity contribution in [1.29, 1.82) is 0 Å². The molecule has 1 heterocycles. The molecule has 2 N–H and O–H groups in total. The molecule has 64 valence electrons. The lowest BCUT2D eigenvalue weighted by molar-refractivity contribution is 0.0987. The van der Waals surface area contributed by atoms with E-state index in [9.17, 15) is 4.79 Å². The third-order valence-electron chi connectivity index (χ3n) is 2.16. The molecule has 1 aromatic rings. The maximum absolute atomic E-state index is 10.6. The largest absolute Gasteiger partial charge is 0.363 e. The Labute approximate surface area is 68.9 Å². The molecule has 5 nitrogen and oxygen atoms in total. The molecule has 2 rings (SSSR count). The van der Waals surface area contributed by atoms with Crippen molar-refractivity contribution in [1.82, 2.24) is 10.1 Å². The van der Waals surface area contributed by atoms with Crippen molar-refractivity contribution in [3.63, 3.8) is 0 Å². The molecule has 12 heavy (non-hydrogen) atoms. The Morgan fingerprint density at radius 2 is 2.33 bits per heavy atom. The summed E-state index contributed by atoms with van der Waals surface area (Å²) in [5.41, 5.74) is 4.97. The molecular formula is C7H9N3O2. The lowest BCUT2D eigenvalue weighted by Crippen LogP contribution is -2.13. The van der Waals surface area contributed by atoms with Crippen LogP contribution in [0.5, 0.6) is 0 Å². The first kappa shape index (κ1) is 7.27. The predicted molar refractivity (Wildman–Crippen MR) is 39.4 cm³/mol. The maximum Gasteiger partial charge on any atom is 0.290 e. The zero-order chi connectivity index (χ0) is 8.77. The second-order valence-electron chi connectivity index (χ2n) is 3.35. The molecule has 5 heteroatoms. The number of carbonyl (C=O) groups excluding carboxylic acids is 1. The van der Waals surface area contributed by atoms with Crippen LogP contribution in [0.25, 0.3) is 0 Å². The van der Waals surface area contributed by atoms with Gasteiger partial charge in [0.05, 0.1) is 0 Å². The van der Waals surface area contributed by atoms with Crippen molar-refractivity contribution in [2.45, 2.75) is 25.2 Å². The van der Waals surface area contributed by atoms with Crippen molar-refractivity contribution in [2.24, 2.45) is 5.73 Å². The molecule has 0 radical (unpaired) electrons. The quantitative estimate of drug-likeness (QED) is 0.683. The molecule has 1 aromatic heterocycles. The van der Waals surface area contributed by atoms with E-state index in [1.807, 2.05) is 6.92 Å². The van der Waals surface area contributed by atoms with Gasteiger partial charge in [-0.1, -0.05) is 12.1 Å². The summed E-state index contributed by atoms with van der Waals surface area (Å²) in [4.78, 5) is 14.5. The SMILES string of the molecule is CC1(c2nc(C(N)=O)no2)CC1. The number of primary amides is 1. The molecule has 0 unspecified atom stereocenters. The Hall–Kier alpha value is -1.39. The minimum Gasteiger partial charge on any atom is -0.363 e. The van der Waals surface area contributed by atoms with E-state index in [2.05, 4.69) is 10.1 Å². The van der Waals surface area contributed by atoms with Crippen molar-refractivity contribution in [3.8, 4) is 0 Å². The lowest BCUT2D eigenvalue weighted by atomic mass is 10.1. The van der Waals surface area contributed by atoms with Gasteiger partial charge in [-0.15, -0.1) is 0 Å². The molecule has 0 saturated heterocycles. The van der Waals surface area contributed by atoms with Gasteiger partial charge in [0.25, 0.3) is 11.7 Å². The van der Waals surface area contributed by atoms with E-state index in [0.717, 1.165) is 12.8 Å². The standard InChI is InChI=1S/C7H9N3O2/c1-7(2-3-7)6-9-5(4(8)11)10-12-6/h2-3H2,1H3,(H2,8,11). The smallest absolute Gasteiger partial charge is 0.290 e. The molecule has 1 saturated carbocycles. The number of carbonyl (C=O) groups is 1. The van der Waals surface area contributed by atoms with Crippen LogP contribution in [0.2, 0.25) is 0 Å². The minimum atomic E-state index is -0.644. The molecule has 0 bridgehead atoms. The molecule has 1 amide bonds. The molecule has 1 fully saturated rings. The highest BCUT2D eigenvalue weighted by Gasteiger charge is 2.44. The summed E-state index contributed by atoms with van der Waals surface area (Å²) in [6.45, 7) is 2.02. The van der Waals surface area contributed by atoms with Crippen molar-refractivity contribution < 1.29 is 9.32 Å². The van der Waals surface area contributed by atoms with Gasteiger partial charge in [0.15, 0.2) is 0 Å². The van der Waals surface area contributed by atoms with Crippen LogP contribution in [0.15, 0.2) is 4.52 Å². The van der Waals surface area contributed by atoms with Gasteiger partial charge < -0.3 is 10.3 Å². The number of amides is 1. The van der Waals surface area contributed by atoms with E-state index in [1.54, 1.807) is 0 Å². The average Bonchev–Trinajstić information content (AvgIpc) is 2.61. The van der Waals surface area contributed by atoms with E-state index < -0.39 is 5.91 Å². The third-order valence-corrected chi connectivity index (χ3v) is 2.16. The highest BCUT2D eigenvalue weighted by atomic mass is 16.5. The summed E-state index contributed by atoms with van der Waals surface area (Å²) in [5.74, 6) is -0.149. The summed E-state index contributed by atoms with van der Waals surface area (Å²) in [5, 5.41) is 3.46. The van der Waals surface area contributed by atoms with E-state index in [4.69, 9.17) is 10.3 Å². The maximum atomic E-state index is 10.6. The molecule has 0 atom stereocenters. The van der Waals surface area contributed by atoms with Gasteiger partial charge in [0.1, 0.15) is 0 Å². The fraction of sp³-hybridized carbons (Fsp3) is 0.571. The van der Waals surface area contributed by atoms with Crippen LogP contribution in [-0.4, -0.2) is 16.0 Å². The first-order valence-corrected chi connectivity index (χ1v) is 3.76. The van der Waals surface area contributed by atoms with Gasteiger partial charge in [0, 0.05) is 5.41 Å². The van der Waals surface area contributed by atoms with Gasteiger partial charge in [-0.3, -0.25) is 4.79 Å². The number of hydrogen-bond acceptors (Lipinski definition) is 4. The monoisotopic (exact) mass is 167 g/mol. The minimum absolute atomic E-state index is 0.000694. The molecule has 0 spiro atoms. The molecule has 0 aromatic carbocycles. The summed E-state index contributed by atoms with van der Waals surface area (Å²) < 4.78 is 4.89. The summed E-state index contributed by atoms with van der Waals surface area (Å²) in [6, 6.07) is 0. The van der Waals surface area contributed by atoms with Crippen LogP contribution in [0.3, 0.4) is 0 Å². The van der Waals surface area contributed by atoms with Crippen LogP contribution in [0.4, 0.5) is 0 Å². The van der Waals surface area contributed by atoms with Crippen LogP contribution in [0.1, 0.15) is 36.3 Å². The van der Waals surface area contributed by atoms with E-state index >= 15 is 0 Å². The Balaban J connectivity index is 2.30. The van der Waals surface area contributed by atoms with Gasteiger partial charge in [0.2, 0.25) is 5.89 Å². The number of aromatic nitrogens is 2. The van der Waals surface area contributed by atoms with E-state index in [1.165, 1.54) is 0 Å². The third kappa shape index (κ3) is 0.975. The number of hydrogen-bond donors (Lipinski definition) is 1. The van der Waals surface area contributed by atoms with E-state index in [0.29, 0.717) is 5.89 Å². The average molecular weight is 167 g/mol. The molecule has 1 aliphatic carbocycles. The molecule has 1 aliphatic rings. The van der Waals surface area contributed by atoms with Gasteiger partial charge in [-0.2, -0.15) is 4.98 Å². The number of rotatable bonds is 2. The number of nitrogens with two attached hydrogens (primary N) is 1. The van der Waals surface area contributed by atoms with Gasteiger partial charge in [-0.25, -0.2) is 0 Å². The second-order valence-corrected chi connectivity index (χ2v) is 3.35. The van der Waals surface area contributed by atoms with Crippen molar-refractivity contribution in [3.05, 3.63) is 11.7 Å². The summed E-state index contributed by atoms with van der Waals surface area (Å²) in [6.07, 6.45) is 2.07. The van der Waals surface area contributed by atoms with Crippen LogP contribution in [0, 0.1) is 0 Å². The highest BCUT2D eigenvalue weighted by molar-refractivity contribution is 5.88. The first-order valence-electron chi connectivity index (χ1n) is 3.76. The highest BCUT2D eigenvalue weighted by Crippen LogP contribution is 2.46. The van der Waals surface area contributed by atoms with E-state index in [-0.39, 0.29) is 11.2 Å². The van der Waals surface area contributed by atoms with Crippen molar-refractivity contribution in [2.75, 3.05) is 0 Å². The van der Waals surface area contributed by atoms with Crippen molar-refractivity contribution >= 4 is 5.91 Å². The first-order chi connectivity index (χ1) is 5.62. The molecule has 0 aliphatic heterocycles. The second kappa shape index (κ2) is 2.06. The zero-order valence-electron chi connectivity index (χ0n) is 6.70. The summed E-state index contributed by atoms with van der Waals surface area (Å²) >= 11 is 0. The Kier molecular flexibility index (Phi) is 1.25. The predicted octanol–water partition coefficient (Wildman–Crippen LogP) is 0.220. The van der Waals surface area contributed by atoms with Gasteiger partial charge in [-0.05, 0) is 12.8 Å². The van der Waals surface area contributed by atoms with Gasteiger partial charge >= 0.3 is 0 Å². The normalized spacial score (nSPS) is 19.1. The zero-order valence-corrected chi connectivity index (χ0v) is 6.70. The van der Waals surface area contributed by atoms with Crippen LogP contribution in [-0.2, 0) is 5.41 Å². The Bertz CT molecular complexity index is 327. The number of nitrogens with zero attached hydrogens (tertiary/aromatic N) is 2. The lowest BCUT2D eigenvalue weighted by Gasteiger charge is -1.96. The van der Waals surface area contributed by atoms with Crippen LogP contribution < -0.4 is 5.73 Å². The Morgan fingerprint density at radius 1 is 1.67 bits per heavy atom. The fourth-order valence-corrected chi connectivity index (χ4v) is 0.970. The summed E-state index contributed by atoms with van der Waals surface area (Å²) in [7, 11) is 0.